The van der Waals surface area contributed by atoms with Crippen molar-refractivity contribution in [3.63, 3.8) is 0 Å². The molecule has 0 amide bonds. The summed E-state index contributed by atoms with van der Waals surface area (Å²) in [5.74, 6) is -2.07. The molecule has 0 bridgehead atoms. The molecule has 0 atom stereocenters. The molecule has 1 heterocycles. The van der Waals surface area contributed by atoms with Crippen molar-refractivity contribution < 1.29 is 21.7 Å². The first-order valence-corrected chi connectivity index (χ1v) is 6.60. The lowest BCUT2D eigenvalue weighted by Gasteiger charge is -2.04. The van der Waals surface area contributed by atoms with Crippen molar-refractivity contribution in [2.75, 3.05) is 12.0 Å². The summed E-state index contributed by atoms with van der Waals surface area (Å²) < 4.78 is 54.3. The third-order valence-electron chi connectivity index (χ3n) is 2.21. The standard InChI is InChI=1S/C10H8F2N2O3S/c1-18(15,16)9-3-6(11)5(2-7(9)12)8-4-10(13)14-17-8/h2-4H,1H3,(H2,13,14). The first-order valence-electron chi connectivity index (χ1n) is 4.70. The molecule has 0 aliphatic heterocycles. The number of nitrogen functional groups attached to an aromatic ring is 1. The molecule has 1 aromatic carbocycles. The third-order valence-corrected chi connectivity index (χ3v) is 3.33. The zero-order valence-corrected chi connectivity index (χ0v) is 9.96. The van der Waals surface area contributed by atoms with E-state index in [0.29, 0.717) is 6.07 Å². The SMILES string of the molecule is CS(=O)(=O)c1cc(F)c(-c2cc(N)no2)cc1F. The Hall–Kier alpha value is -1.96. The Labute approximate surface area is 101 Å². The van der Waals surface area contributed by atoms with Crippen molar-refractivity contribution in [3.05, 3.63) is 29.8 Å². The van der Waals surface area contributed by atoms with Gasteiger partial charge < -0.3 is 10.3 Å². The Morgan fingerprint density at radius 3 is 2.39 bits per heavy atom. The van der Waals surface area contributed by atoms with Crippen molar-refractivity contribution in [3.8, 4) is 11.3 Å². The normalized spacial score (nSPS) is 11.7. The fourth-order valence-corrected chi connectivity index (χ4v) is 2.15. The quantitative estimate of drug-likeness (QED) is 0.899. The molecule has 0 unspecified atom stereocenters. The maximum Gasteiger partial charge on any atom is 0.178 e. The Morgan fingerprint density at radius 2 is 1.89 bits per heavy atom. The molecule has 8 heteroatoms. The molecule has 0 saturated heterocycles. The van der Waals surface area contributed by atoms with Crippen molar-refractivity contribution in [2.24, 2.45) is 0 Å². The van der Waals surface area contributed by atoms with E-state index in [-0.39, 0.29) is 17.1 Å². The Bertz CT molecular complexity index is 710. The molecule has 0 aliphatic carbocycles. The number of nitrogens with zero attached hydrogens (tertiary/aromatic N) is 1. The van der Waals surface area contributed by atoms with E-state index in [4.69, 9.17) is 5.73 Å². The van der Waals surface area contributed by atoms with Crippen molar-refractivity contribution >= 4 is 15.7 Å². The van der Waals surface area contributed by atoms with Gasteiger partial charge in [0.2, 0.25) is 0 Å². The maximum absolute atomic E-state index is 13.7. The molecule has 5 nitrogen and oxygen atoms in total. The van der Waals surface area contributed by atoms with Crippen LogP contribution in [0.4, 0.5) is 14.6 Å². The number of halogens is 2. The van der Waals surface area contributed by atoms with Gasteiger partial charge in [-0.05, 0) is 12.1 Å². The fourth-order valence-electron chi connectivity index (χ4n) is 1.42. The van der Waals surface area contributed by atoms with Gasteiger partial charge in [0.05, 0.1) is 5.56 Å². The summed E-state index contributed by atoms with van der Waals surface area (Å²) in [4.78, 5) is -0.712. The second kappa shape index (κ2) is 4.05. The molecular formula is C10H8F2N2O3S. The zero-order valence-electron chi connectivity index (χ0n) is 9.15. The molecular weight excluding hydrogens is 266 g/mol. The molecule has 0 spiro atoms. The van der Waals surface area contributed by atoms with Crippen LogP contribution in [0, 0.1) is 11.6 Å². The minimum atomic E-state index is -3.84. The average Bonchev–Trinajstić information content (AvgIpc) is 2.66. The number of hydrogen-bond donors (Lipinski definition) is 1. The highest BCUT2D eigenvalue weighted by atomic mass is 32.2. The smallest absolute Gasteiger partial charge is 0.178 e. The maximum atomic E-state index is 13.7. The molecule has 18 heavy (non-hydrogen) atoms. The lowest BCUT2D eigenvalue weighted by atomic mass is 10.1. The van der Waals surface area contributed by atoms with Crippen LogP contribution in [0.3, 0.4) is 0 Å². The number of aromatic nitrogens is 1. The van der Waals surface area contributed by atoms with Crippen LogP contribution in [-0.2, 0) is 9.84 Å². The largest absolute Gasteiger partial charge is 0.381 e. The Kier molecular flexibility index (Phi) is 2.81. The van der Waals surface area contributed by atoms with E-state index in [0.717, 1.165) is 12.3 Å². The summed E-state index contributed by atoms with van der Waals surface area (Å²) in [7, 11) is -3.84. The van der Waals surface area contributed by atoms with E-state index in [9.17, 15) is 17.2 Å². The van der Waals surface area contributed by atoms with Crippen LogP contribution in [0.15, 0.2) is 27.6 Å². The minimum Gasteiger partial charge on any atom is -0.381 e. The summed E-state index contributed by atoms with van der Waals surface area (Å²) in [6.45, 7) is 0. The highest BCUT2D eigenvalue weighted by Crippen LogP contribution is 2.28. The van der Waals surface area contributed by atoms with Crippen LogP contribution < -0.4 is 5.73 Å². The Morgan fingerprint density at radius 1 is 1.22 bits per heavy atom. The van der Waals surface area contributed by atoms with Crippen LogP contribution in [0.1, 0.15) is 0 Å². The second-order valence-corrected chi connectivity index (χ2v) is 5.63. The van der Waals surface area contributed by atoms with Gasteiger partial charge in [-0.25, -0.2) is 17.2 Å². The van der Waals surface area contributed by atoms with E-state index < -0.39 is 26.4 Å². The third kappa shape index (κ3) is 2.19. The predicted octanol–water partition coefficient (Wildman–Crippen LogP) is 1.61. The molecule has 0 radical (unpaired) electrons. The number of nitrogens with two attached hydrogens (primary N) is 1. The Balaban J connectivity index is 2.64. The summed E-state index contributed by atoms with van der Waals surface area (Å²) in [5.41, 5.74) is 5.04. The topological polar surface area (TPSA) is 86.2 Å². The number of anilines is 1. The lowest BCUT2D eigenvalue weighted by Crippen LogP contribution is -2.02. The van der Waals surface area contributed by atoms with Crippen molar-refractivity contribution in [1.29, 1.82) is 0 Å². The van der Waals surface area contributed by atoms with Crippen LogP contribution in [-0.4, -0.2) is 19.8 Å². The minimum absolute atomic E-state index is 0.0111. The molecule has 1 aromatic heterocycles. The van der Waals surface area contributed by atoms with Gasteiger partial charge in [0.1, 0.15) is 16.5 Å². The molecule has 2 N–H and O–H groups in total. The van der Waals surface area contributed by atoms with Gasteiger partial charge >= 0.3 is 0 Å². The van der Waals surface area contributed by atoms with E-state index >= 15 is 0 Å². The molecule has 2 rings (SSSR count). The second-order valence-electron chi connectivity index (χ2n) is 3.65. The van der Waals surface area contributed by atoms with Crippen molar-refractivity contribution in [1.82, 2.24) is 5.16 Å². The average molecular weight is 274 g/mol. The van der Waals surface area contributed by atoms with Gasteiger partial charge in [-0.2, -0.15) is 0 Å². The number of benzene rings is 1. The number of sulfone groups is 1. The highest BCUT2D eigenvalue weighted by Gasteiger charge is 2.20. The molecule has 0 fully saturated rings. The van der Waals surface area contributed by atoms with E-state index in [1.807, 2.05) is 0 Å². The van der Waals surface area contributed by atoms with Crippen LogP contribution >= 0.6 is 0 Å². The van der Waals surface area contributed by atoms with Gasteiger partial charge in [-0.15, -0.1) is 0 Å². The van der Waals surface area contributed by atoms with Crippen molar-refractivity contribution in [2.45, 2.75) is 4.90 Å². The summed E-state index contributed by atoms with van der Waals surface area (Å²) >= 11 is 0. The highest BCUT2D eigenvalue weighted by molar-refractivity contribution is 7.90. The summed E-state index contributed by atoms with van der Waals surface area (Å²) in [5, 5.41) is 3.33. The number of rotatable bonds is 2. The van der Waals surface area contributed by atoms with E-state index in [1.165, 1.54) is 6.07 Å². The molecule has 2 aromatic rings. The van der Waals surface area contributed by atoms with Gasteiger partial charge in [0, 0.05) is 12.3 Å². The number of hydrogen-bond acceptors (Lipinski definition) is 5. The van der Waals surface area contributed by atoms with Crippen LogP contribution in [0.2, 0.25) is 0 Å². The lowest BCUT2D eigenvalue weighted by molar-refractivity contribution is 0.432. The monoisotopic (exact) mass is 274 g/mol. The summed E-state index contributed by atoms with van der Waals surface area (Å²) in [6, 6.07) is 2.53. The van der Waals surface area contributed by atoms with Gasteiger partial charge in [0.25, 0.3) is 0 Å². The van der Waals surface area contributed by atoms with Crippen LogP contribution in [0.5, 0.6) is 0 Å². The van der Waals surface area contributed by atoms with Gasteiger partial charge in [0.15, 0.2) is 21.4 Å². The zero-order chi connectivity index (χ0) is 13.5. The van der Waals surface area contributed by atoms with Gasteiger partial charge in [-0.1, -0.05) is 5.16 Å². The molecule has 0 aliphatic rings. The molecule has 96 valence electrons. The fraction of sp³-hybridized carbons (Fsp3) is 0.100. The van der Waals surface area contributed by atoms with Crippen LogP contribution in [0.25, 0.3) is 11.3 Å². The van der Waals surface area contributed by atoms with E-state index in [1.54, 1.807) is 0 Å². The first kappa shape index (κ1) is 12.5. The molecule has 0 saturated carbocycles. The first-order chi connectivity index (χ1) is 8.29. The predicted molar refractivity (Wildman–Crippen MR) is 59.4 cm³/mol. The summed E-state index contributed by atoms with van der Waals surface area (Å²) in [6.07, 6.45) is 0.789. The van der Waals surface area contributed by atoms with Gasteiger partial charge in [-0.3, -0.25) is 0 Å². The van der Waals surface area contributed by atoms with E-state index in [2.05, 4.69) is 9.68 Å².